The molecule has 0 spiro atoms. The van der Waals surface area contributed by atoms with Gasteiger partial charge in [-0.2, -0.15) is 0 Å². The molecule has 1 aliphatic heterocycles. The van der Waals surface area contributed by atoms with Crippen molar-refractivity contribution in [3.05, 3.63) is 76.8 Å². The molecule has 0 bridgehead atoms. The first-order valence-electron chi connectivity index (χ1n) is 10.2. The molecule has 0 unspecified atom stereocenters. The summed E-state index contributed by atoms with van der Waals surface area (Å²) in [5.41, 5.74) is 1.95. The van der Waals surface area contributed by atoms with E-state index in [1.54, 1.807) is 0 Å². The molecule has 0 saturated carbocycles. The lowest BCUT2D eigenvalue weighted by Crippen LogP contribution is -2.41. The van der Waals surface area contributed by atoms with Gasteiger partial charge in [0.15, 0.2) is 0 Å². The van der Waals surface area contributed by atoms with E-state index in [-0.39, 0.29) is 17.7 Å². The van der Waals surface area contributed by atoms with Crippen molar-refractivity contribution in [2.75, 3.05) is 18.4 Å². The van der Waals surface area contributed by atoms with Gasteiger partial charge >= 0.3 is 0 Å². The number of rotatable bonds is 6. The number of hydrogen-bond donors (Lipinski definition) is 1. The highest BCUT2D eigenvalue weighted by molar-refractivity contribution is 7.15. The maximum absolute atomic E-state index is 12.6. The molecule has 1 aromatic heterocycles. The zero-order chi connectivity index (χ0) is 20.8. The number of carbonyl (C=O) groups is 2. The second-order valence-electron chi connectivity index (χ2n) is 7.41. The van der Waals surface area contributed by atoms with Gasteiger partial charge in [-0.25, -0.2) is 0 Å². The largest absolute Gasteiger partial charge is 0.339 e. The van der Waals surface area contributed by atoms with E-state index in [2.05, 4.69) is 27.6 Å². The lowest BCUT2D eigenvalue weighted by atomic mass is 9.95. The zero-order valence-corrected chi connectivity index (χ0v) is 17.5. The van der Waals surface area contributed by atoms with Crippen molar-refractivity contribution in [3.8, 4) is 0 Å². The summed E-state index contributed by atoms with van der Waals surface area (Å²) >= 11 is 1.43. The van der Waals surface area contributed by atoms with E-state index in [0.717, 1.165) is 17.8 Å². The van der Waals surface area contributed by atoms with E-state index in [1.165, 1.54) is 16.9 Å². The van der Waals surface area contributed by atoms with Crippen LogP contribution < -0.4 is 5.32 Å². The molecule has 3 aromatic rings. The number of piperidine rings is 1. The Kier molecular flexibility index (Phi) is 6.49. The summed E-state index contributed by atoms with van der Waals surface area (Å²) in [4.78, 5) is 27.0. The van der Waals surface area contributed by atoms with Gasteiger partial charge in [0.1, 0.15) is 5.01 Å². The molecule has 2 heterocycles. The highest BCUT2D eigenvalue weighted by atomic mass is 32.1. The Morgan fingerprint density at radius 2 is 1.60 bits per heavy atom. The Bertz CT molecular complexity index is 983. The van der Waals surface area contributed by atoms with Gasteiger partial charge in [-0.3, -0.25) is 9.59 Å². The van der Waals surface area contributed by atoms with Crippen molar-refractivity contribution >= 4 is 28.3 Å². The number of aromatic nitrogens is 2. The van der Waals surface area contributed by atoms with E-state index >= 15 is 0 Å². The number of nitrogens with one attached hydrogen (secondary N) is 1. The lowest BCUT2D eigenvalue weighted by Gasteiger charge is -2.31. The Morgan fingerprint density at radius 3 is 2.30 bits per heavy atom. The quantitative estimate of drug-likeness (QED) is 0.658. The first kappa shape index (κ1) is 20.2. The van der Waals surface area contributed by atoms with Gasteiger partial charge in [0.2, 0.25) is 11.0 Å². The third kappa shape index (κ3) is 5.10. The molecule has 7 heteroatoms. The lowest BCUT2D eigenvalue weighted by molar-refractivity contribution is -0.121. The van der Waals surface area contributed by atoms with Crippen LogP contribution in [0, 0.1) is 5.92 Å². The molecular formula is C23H24N4O2S. The van der Waals surface area contributed by atoms with Gasteiger partial charge < -0.3 is 10.2 Å². The summed E-state index contributed by atoms with van der Waals surface area (Å²) in [6.45, 7) is 1.18. The van der Waals surface area contributed by atoms with Crippen LogP contribution in [-0.4, -0.2) is 40.0 Å². The molecule has 154 valence electrons. The molecule has 0 atom stereocenters. The van der Waals surface area contributed by atoms with Crippen molar-refractivity contribution in [1.82, 2.24) is 15.1 Å². The fourth-order valence-electron chi connectivity index (χ4n) is 3.62. The standard InChI is InChI=1S/C23H24N4O2S/c28-21(18-13-15-27(16-14-18)22(29)19-9-5-2-6-10-19)24-23-26-25-20(30-23)12-11-17-7-3-1-4-8-17/h1-10,18H,11-16H2,(H,24,26,28). The first-order chi connectivity index (χ1) is 14.7. The average molecular weight is 421 g/mol. The molecule has 2 amide bonds. The van der Waals surface area contributed by atoms with Gasteiger partial charge in [-0.05, 0) is 37.0 Å². The van der Waals surface area contributed by atoms with Gasteiger partial charge in [-0.15, -0.1) is 10.2 Å². The van der Waals surface area contributed by atoms with Crippen molar-refractivity contribution in [3.63, 3.8) is 0 Å². The number of carbonyl (C=O) groups excluding carboxylic acids is 2. The second kappa shape index (κ2) is 9.63. The SMILES string of the molecule is O=C(Nc1nnc(CCc2ccccc2)s1)C1CCN(C(=O)c2ccccc2)CC1. The highest BCUT2D eigenvalue weighted by Crippen LogP contribution is 2.23. The van der Waals surface area contributed by atoms with Crippen LogP contribution in [0.2, 0.25) is 0 Å². The molecule has 1 N–H and O–H groups in total. The Morgan fingerprint density at radius 1 is 0.933 bits per heavy atom. The van der Waals surface area contributed by atoms with E-state index in [4.69, 9.17) is 0 Å². The minimum atomic E-state index is -0.110. The zero-order valence-electron chi connectivity index (χ0n) is 16.7. The summed E-state index contributed by atoms with van der Waals surface area (Å²) in [7, 11) is 0. The Hall–Kier alpha value is -3.06. The minimum absolute atomic E-state index is 0.0293. The molecule has 1 aliphatic rings. The maximum Gasteiger partial charge on any atom is 0.253 e. The van der Waals surface area contributed by atoms with E-state index in [9.17, 15) is 9.59 Å². The number of anilines is 1. The number of likely N-dealkylation sites (tertiary alicyclic amines) is 1. The number of nitrogens with zero attached hydrogens (tertiary/aromatic N) is 3. The van der Waals surface area contributed by atoms with Crippen molar-refractivity contribution in [1.29, 1.82) is 0 Å². The third-order valence-electron chi connectivity index (χ3n) is 5.34. The molecule has 6 nitrogen and oxygen atoms in total. The summed E-state index contributed by atoms with van der Waals surface area (Å²) in [5.74, 6) is -0.115. The van der Waals surface area contributed by atoms with Crippen molar-refractivity contribution in [2.45, 2.75) is 25.7 Å². The topological polar surface area (TPSA) is 75.2 Å². The van der Waals surface area contributed by atoms with Crippen LogP contribution in [-0.2, 0) is 17.6 Å². The molecule has 1 saturated heterocycles. The van der Waals surface area contributed by atoms with Gasteiger partial charge in [0.05, 0.1) is 0 Å². The molecule has 4 rings (SSSR count). The summed E-state index contributed by atoms with van der Waals surface area (Å²) in [6, 6.07) is 19.5. The molecular weight excluding hydrogens is 396 g/mol. The van der Waals surface area contributed by atoms with Crippen LogP contribution in [0.15, 0.2) is 60.7 Å². The summed E-state index contributed by atoms with van der Waals surface area (Å²) in [5, 5.41) is 12.7. The van der Waals surface area contributed by atoms with Crippen LogP contribution in [0.1, 0.15) is 33.8 Å². The minimum Gasteiger partial charge on any atom is -0.339 e. The van der Waals surface area contributed by atoms with Crippen molar-refractivity contribution < 1.29 is 9.59 Å². The smallest absolute Gasteiger partial charge is 0.253 e. The average Bonchev–Trinajstić information content (AvgIpc) is 3.26. The number of hydrogen-bond acceptors (Lipinski definition) is 5. The fraction of sp³-hybridized carbons (Fsp3) is 0.304. The number of aryl methyl sites for hydroxylation is 2. The number of amides is 2. The maximum atomic E-state index is 12.6. The van der Waals surface area contributed by atoms with E-state index < -0.39 is 0 Å². The molecule has 1 fully saturated rings. The van der Waals surface area contributed by atoms with Gasteiger partial charge in [0.25, 0.3) is 5.91 Å². The highest BCUT2D eigenvalue weighted by Gasteiger charge is 2.28. The van der Waals surface area contributed by atoms with Crippen LogP contribution >= 0.6 is 11.3 Å². The van der Waals surface area contributed by atoms with Crippen molar-refractivity contribution in [2.24, 2.45) is 5.92 Å². The van der Waals surface area contributed by atoms with Crippen LogP contribution in [0.3, 0.4) is 0 Å². The predicted octanol–water partition coefficient (Wildman–Crippen LogP) is 3.81. The second-order valence-corrected chi connectivity index (χ2v) is 8.47. The molecule has 2 aromatic carbocycles. The Balaban J connectivity index is 1.25. The van der Waals surface area contributed by atoms with E-state index in [1.807, 2.05) is 53.4 Å². The molecule has 0 radical (unpaired) electrons. The normalized spacial score (nSPS) is 14.5. The third-order valence-corrected chi connectivity index (χ3v) is 6.24. The van der Waals surface area contributed by atoms with Gasteiger partial charge in [0, 0.05) is 31.0 Å². The molecule has 30 heavy (non-hydrogen) atoms. The van der Waals surface area contributed by atoms with Crippen LogP contribution in [0.4, 0.5) is 5.13 Å². The van der Waals surface area contributed by atoms with Gasteiger partial charge in [-0.1, -0.05) is 59.9 Å². The monoisotopic (exact) mass is 420 g/mol. The summed E-state index contributed by atoms with van der Waals surface area (Å²) < 4.78 is 0. The number of benzene rings is 2. The fourth-order valence-corrected chi connectivity index (χ4v) is 4.36. The van der Waals surface area contributed by atoms with Crippen LogP contribution in [0.25, 0.3) is 0 Å². The molecule has 0 aliphatic carbocycles. The predicted molar refractivity (Wildman–Crippen MR) is 117 cm³/mol. The summed E-state index contributed by atoms with van der Waals surface area (Å²) in [6.07, 6.45) is 3.02. The first-order valence-corrected chi connectivity index (χ1v) is 11.0. The Labute approximate surface area is 180 Å². The van der Waals surface area contributed by atoms with Crippen LogP contribution in [0.5, 0.6) is 0 Å². The van der Waals surface area contributed by atoms with E-state index in [0.29, 0.717) is 36.6 Å².